The van der Waals surface area contributed by atoms with E-state index >= 15 is 0 Å². The maximum absolute atomic E-state index is 12.4. The van der Waals surface area contributed by atoms with E-state index in [-0.39, 0.29) is 23.9 Å². The van der Waals surface area contributed by atoms with Crippen LogP contribution in [0, 0.1) is 0 Å². The van der Waals surface area contributed by atoms with E-state index in [0.29, 0.717) is 22.3 Å². The number of amides is 3. The van der Waals surface area contributed by atoms with Crippen molar-refractivity contribution in [1.29, 1.82) is 0 Å². The fraction of sp³-hybridized carbons (Fsp3) is 0.474. The van der Waals surface area contributed by atoms with Gasteiger partial charge in [-0.15, -0.1) is 10.2 Å². The summed E-state index contributed by atoms with van der Waals surface area (Å²) in [5.74, 6) is -0.195. The van der Waals surface area contributed by atoms with Crippen LogP contribution in [0.2, 0.25) is 5.02 Å². The van der Waals surface area contributed by atoms with Crippen molar-refractivity contribution < 1.29 is 9.59 Å². The smallest absolute Gasteiger partial charge is 0.317 e. The van der Waals surface area contributed by atoms with Gasteiger partial charge in [-0.1, -0.05) is 29.9 Å². The maximum Gasteiger partial charge on any atom is 0.317 e. The van der Waals surface area contributed by atoms with E-state index in [2.05, 4.69) is 20.8 Å². The molecule has 1 aromatic heterocycles. The van der Waals surface area contributed by atoms with Crippen LogP contribution in [0.5, 0.6) is 0 Å². The molecule has 7 nitrogen and oxygen atoms in total. The molecule has 9 heteroatoms. The average molecular weight is 422 g/mol. The monoisotopic (exact) mass is 421 g/mol. The van der Waals surface area contributed by atoms with E-state index in [9.17, 15) is 9.59 Å². The van der Waals surface area contributed by atoms with Crippen LogP contribution >= 0.6 is 22.9 Å². The number of carbonyl (C=O) groups excluding carboxylic acids is 2. The molecule has 2 unspecified atom stereocenters. The molecule has 3 rings (SSSR count). The van der Waals surface area contributed by atoms with Crippen molar-refractivity contribution in [2.45, 2.75) is 45.1 Å². The van der Waals surface area contributed by atoms with E-state index < -0.39 is 0 Å². The third-order valence-corrected chi connectivity index (χ3v) is 6.11. The van der Waals surface area contributed by atoms with Gasteiger partial charge in [0, 0.05) is 35.8 Å². The van der Waals surface area contributed by atoms with Gasteiger partial charge in [0.15, 0.2) is 0 Å². The zero-order valence-corrected chi connectivity index (χ0v) is 17.5. The molecule has 0 saturated carbocycles. The van der Waals surface area contributed by atoms with Crippen molar-refractivity contribution in [3.63, 3.8) is 0 Å². The quantitative estimate of drug-likeness (QED) is 0.759. The molecule has 0 aliphatic carbocycles. The molecule has 2 atom stereocenters. The van der Waals surface area contributed by atoms with Crippen LogP contribution in [-0.4, -0.2) is 46.2 Å². The van der Waals surface area contributed by atoms with Crippen molar-refractivity contribution in [3.05, 3.63) is 39.3 Å². The van der Waals surface area contributed by atoms with Crippen LogP contribution in [0.3, 0.4) is 0 Å². The van der Waals surface area contributed by atoms with Crippen molar-refractivity contribution in [2.24, 2.45) is 0 Å². The van der Waals surface area contributed by atoms with Crippen molar-refractivity contribution in [3.8, 4) is 0 Å². The number of urea groups is 1. The second-order valence-corrected chi connectivity index (χ2v) is 8.40. The Balaban J connectivity index is 1.61. The van der Waals surface area contributed by atoms with Gasteiger partial charge in [-0.25, -0.2) is 4.79 Å². The molecule has 1 saturated heterocycles. The Morgan fingerprint density at radius 2 is 2.07 bits per heavy atom. The first-order chi connectivity index (χ1) is 13.5. The average Bonchev–Trinajstić information content (AvgIpc) is 3.20. The highest BCUT2D eigenvalue weighted by Gasteiger charge is 2.28. The number of halogens is 1. The molecule has 2 N–H and O–H groups in total. The second kappa shape index (κ2) is 9.34. The van der Waals surface area contributed by atoms with Gasteiger partial charge in [-0.2, -0.15) is 0 Å². The predicted octanol–water partition coefficient (Wildman–Crippen LogP) is 4.13. The Bertz CT molecular complexity index is 826. The third kappa shape index (κ3) is 5.20. The highest BCUT2D eigenvalue weighted by Crippen LogP contribution is 2.29. The van der Waals surface area contributed by atoms with Crippen LogP contribution in [-0.2, 0) is 0 Å². The minimum atomic E-state index is -0.298. The van der Waals surface area contributed by atoms with E-state index in [1.807, 2.05) is 18.7 Å². The number of rotatable bonds is 5. The summed E-state index contributed by atoms with van der Waals surface area (Å²) in [4.78, 5) is 26.6. The van der Waals surface area contributed by atoms with Crippen molar-refractivity contribution in [1.82, 2.24) is 20.4 Å². The van der Waals surface area contributed by atoms with E-state index in [1.165, 1.54) is 11.3 Å². The number of likely N-dealkylation sites (tertiary alicyclic amines) is 1. The minimum Gasteiger partial charge on any atom is -0.336 e. The van der Waals surface area contributed by atoms with E-state index in [0.717, 1.165) is 30.8 Å². The van der Waals surface area contributed by atoms with Gasteiger partial charge in [0.1, 0.15) is 5.01 Å². The normalized spacial score (nSPS) is 17.8. The molecule has 2 heterocycles. The summed E-state index contributed by atoms with van der Waals surface area (Å²) in [5.41, 5.74) is 0.650. The fourth-order valence-corrected chi connectivity index (χ4v) is 3.97. The number of carbonyl (C=O) groups is 2. The van der Waals surface area contributed by atoms with Crippen LogP contribution in [0.4, 0.5) is 10.5 Å². The van der Waals surface area contributed by atoms with Gasteiger partial charge < -0.3 is 15.5 Å². The van der Waals surface area contributed by atoms with Gasteiger partial charge in [0.05, 0.1) is 0 Å². The molecule has 1 aliphatic heterocycles. The summed E-state index contributed by atoms with van der Waals surface area (Å²) in [7, 11) is 0. The fourth-order valence-electron chi connectivity index (χ4n) is 2.98. The molecule has 1 fully saturated rings. The summed E-state index contributed by atoms with van der Waals surface area (Å²) in [6.45, 7) is 5.37. The Kier molecular flexibility index (Phi) is 6.85. The zero-order valence-electron chi connectivity index (χ0n) is 15.9. The zero-order chi connectivity index (χ0) is 20.1. The number of hydrogen-bond acceptors (Lipinski definition) is 5. The van der Waals surface area contributed by atoms with E-state index in [4.69, 9.17) is 11.6 Å². The summed E-state index contributed by atoms with van der Waals surface area (Å²) in [6, 6.07) is 7.00. The second-order valence-electron chi connectivity index (χ2n) is 6.95. The Morgan fingerprint density at radius 3 is 2.79 bits per heavy atom. The lowest BCUT2D eigenvalue weighted by atomic mass is 9.99. The lowest BCUT2D eigenvalue weighted by molar-refractivity contribution is 0.102. The first-order valence-corrected chi connectivity index (χ1v) is 10.6. The van der Waals surface area contributed by atoms with Crippen molar-refractivity contribution >= 4 is 40.6 Å². The van der Waals surface area contributed by atoms with E-state index in [1.54, 1.807) is 24.3 Å². The van der Waals surface area contributed by atoms with Crippen LogP contribution in [0.15, 0.2) is 24.3 Å². The molecular weight excluding hydrogens is 398 g/mol. The highest BCUT2D eigenvalue weighted by molar-refractivity contribution is 7.13. The SMILES string of the molecule is CCC(C)NC(=O)N1CCCC(c2nnc(C(=O)Nc3ccc(Cl)cc3)s2)C1. The number of anilines is 1. The molecule has 0 bridgehead atoms. The first kappa shape index (κ1) is 20.5. The summed E-state index contributed by atoms with van der Waals surface area (Å²) >= 11 is 7.14. The summed E-state index contributed by atoms with van der Waals surface area (Å²) < 4.78 is 0. The molecular formula is C19H24ClN5O2S. The Hall–Kier alpha value is -2.19. The molecule has 1 aromatic carbocycles. The number of benzene rings is 1. The Labute approximate surface area is 173 Å². The molecule has 0 radical (unpaired) electrons. The van der Waals surface area contributed by atoms with Gasteiger partial charge in [0.25, 0.3) is 5.91 Å². The van der Waals surface area contributed by atoms with Crippen molar-refractivity contribution in [2.75, 3.05) is 18.4 Å². The maximum atomic E-state index is 12.4. The van der Waals surface area contributed by atoms with Gasteiger partial charge in [-0.3, -0.25) is 4.79 Å². The van der Waals surface area contributed by atoms with Gasteiger partial charge in [0.2, 0.25) is 5.01 Å². The molecule has 3 amide bonds. The largest absolute Gasteiger partial charge is 0.336 e. The number of hydrogen-bond donors (Lipinski definition) is 2. The lowest BCUT2D eigenvalue weighted by Crippen LogP contribution is -2.47. The first-order valence-electron chi connectivity index (χ1n) is 9.42. The number of piperidine rings is 1. The van der Waals surface area contributed by atoms with Gasteiger partial charge >= 0.3 is 6.03 Å². The standard InChI is InChI=1S/C19H24ClN5O2S/c1-3-12(2)21-19(27)25-10-4-5-13(11-25)17-23-24-18(28-17)16(26)22-15-8-6-14(20)7-9-15/h6-9,12-13H,3-5,10-11H2,1-2H3,(H,21,27)(H,22,26). The molecule has 1 aliphatic rings. The molecule has 150 valence electrons. The molecule has 0 spiro atoms. The number of nitrogens with one attached hydrogen (secondary N) is 2. The minimum absolute atomic E-state index is 0.0377. The van der Waals surface area contributed by atoms with Crippen LogP contribution < -0.4 is 10.6 Å². The van der Waals surface area contributed by atoms with Crippen LogP contribution in [0.1, 0.15) is 53.8 Å². The number of aromatic nitrogens is 2. The summed E-state index contributed by atoms with van der Waals surface area (Å²) in [6.07, 6.45) is 2.73. The molecule has 28 heavy (non-hydrogen) atoms. The lowest BCUT2D eigenvalue weighted by Gasteiger charge is -2.32. The summed E-state index contributed by atoms with van der Waals surface area (Å²) in [5, 5.41) is 15.8. The Morgan fingerprint density at radius 1 is 1.32 bits per heavy atom. The topological polar surface area (TPSA) is 87.2 Å². The highest BCUT2D eigenvalue weighted by atomic mass is 35.5. The molecule has 2 aromatic rings. The van der Waals surface area contributed by atoms with Gasteiger partial charge in [-0.05, 0) is 50.5 Å². The predicted molar refractivity (Wildman–Crippen MR) is 111 cm³/mol. The number of nitrogens with zero attached hydrogens (tertiary/aromatic N) is 3. The van der Waals surface area contributed by atoms with Crippen LogP contribution in [0.25, 0.3) is 0 Å². The third-order valence-electron chi connectivity index (χ3n) is 4.78.